The van der Waals surface area contributed by atoms with Crippen molar-refractivity contribution in [2.45, 2.75) is 6.92 Å². The van der Waals surface area contributed by atoms with Gasteiger partial charge >= 0.3 is 6.03 Å². The average Bonchev–Trinajstić information content (AvgIpc) is 2.84. The molecule has 0 unspecified atom stereocenters. The SMILES string of the molecule is COc1ccc2cc(/C(C)=C/CN3CCN(C(=O)Nc4c(F)cccc4F)CC3)ccc2c1. The number of nitrogens with one attached hydrogen (secondary N) is 1. The highest BCUT2D eigenvalue weighted by molar-refractivity contribution is 5.90. The smallest absolute Gasteiger partial charge is 0.322 e. The van der Waals surface area contributed by atoms with Gasteiger partial charge in [0.05, 0.1) is 7.11 Å². The number of ether oxygens (including phenoxy) is 1. The first kappa shape index (κ1) is 22.7. The highest BCUT2D eigenvalue weighted by Crippen LogP contribution is 2.25. The maximum absolute atomic E-state index is 13.8. The van der Waals surface area contributed by atoms with Crippen molar-refractivity contribution >= 4 is 28.1 Å². The predicted molar refractivity (Wildman–Crippen MR) is 128 cm³/mol. The van der Waals surface area contributed by atoms with Gasteiger partial charge in [-0.2, -0.15) is 0 Å². The Kier molecular flexibility index (Phi) is 6.89. The molecule has 1 aliphatic rings. The molecule has 3 aromatic carbocycles. The second-order valence-corrected chi connectivity index (χ2v) is 8.13. The van der Waals surface area contributed by atoms with Gasteiger partial charge in [-0.1, -0.05) is 30.3 Å². The molecular weight excluding hydrogens is 424 g/mol. The van der Waals surface area contributed by atoms with Gasteiger partial charge in [0.2, 0.25) is 0 Å². The zero-order valence-corrected chi connectivity index (χ0v) is 18.8. The standard InChI is InChI=1S/C26H27F2N3O2/c1-18(19-6-7-21-17-22(33-2)9-8-20(21)16-19)10-11-30-12-14-31(15-13-30)26(32)29-25-23(27)4-3-5-24(25)28/h3-10,16-17H,11-15H2,1-2H3,(H,29,32)/b18-10+. The van der Waals surface area contributed by atoms with E-state index in [-0.39, 0.29) is 0 Å². The van der Waals surface area contributed by atoms with Crippen LogP contribution < -0.4 is 10.1 Å². The molecule has 1 N–H and O–H groups in total. The highest BCUT2D eigenvalue weighted by Gasteiger charge is 2.22. The maximum atomic E-state index is 13.8. The topological polar surface area (TPSA) is 44.8 Å². The molecule has 0 aliphatic carbocycles. The lowest BCUT2D eigenvalue weighted by molar-refractivity contribution is 0.155. The number of allylic oxidation sites excluding steroid dienone is 1. The van der Waals surface area contributed by atoms with Crippen LogP contribution >= 0.6 is 0 Å². The number of urea groups is 1. The minimum Gasteiger partial charge on any atom is -0.497 e. The number of carbonyl (C=O) groups is 1. The summed E-state index contributed by atoms with van der Waals surface area (Å²) in [7, 11) is 1.66. The van der Waals surface area contributed by atoms with Crippen LogP contribution in [0, 0.1) is 11.6 Å². The largest absolute Gasteiger partial charge is 0.497 e. The van der Waals surface area contributed by atoms with E-state index >= 15 is 0 Å². The molecule has 0 aromatic heterocycles. The second-order valence-electron chi connectivity index (χ2n) is 8.13. The van der Waals surface area contributed by atoms with Crippen molar-refractivity contribution in [3.05, 3.63) is 77.9 Å². The highest BCUT2D eigenvalue weighted by atomic mass is 19.1. The number of fused-ring (bicyclic) bond motifs is 1. The van der Waals surface area contributed by atoms with Crippen molar-refractivity contribution < 1.29 is 18.3 Å². The van der Waals surface area contributed by atoms with Crippen LogP contribution in [0.1, 0.15) is 12.5 Å². The third-order valence-electron chi connectivity index (χ3n) is 6.01. The van der Waals surface area contributed by atoms with Crippen LogP contribution in [0.3, 0.4) is 0 Å². The van der Waals surface area contributed by atoms with E-state index in [1.165, 1.54) is 11.6 Å². The molecule has 5 nitrogen and oxygen atoms in total. The molecule has 4 rings (SSSR count). The summed E-state index contributed by atoms with van der Waals surface area (Å²) in [6.07, 6.45) is 2.19. The molecule has 0 atom stereocenters. The van der Waals surface area contributed by atoms with E-state index in [2.05, 4.69) is 47.5 Å². The molecule has 1 heterocycles. The summed E-state index contributed by atoms with van der Waals surface area (Å²) >= 11 is 0. The second kappa shape index (κ2) is 10.0. The average molecular weight is 452 g/mol. The van der Waals surface area contributed by atoms with Crippen molar-refractivity contribution in [3.8, 4) is 5.75 Å². The Labute approximate surface area is 192 Å². The van der Waals surface area contributed by atoms with E-state index in [9.17, 15) is 13.6 Å². The Hall–Kier alpha value is -3.45. The van der Waals surface area contributed by atoms with Crippen molar-refractivity contribution in [2.24, 2.45) is 0 Å². The third-order valence-corrected chi connectivity index (χ3v) is 6.01. The van der Waals surface area contributed by atoms with E-state index < -0.39 is 23.4 Å². The van der Waals surface area contributed by atoms with Gasteiger partial charge in [-0.05, 0) is 59.2 Å². The van der Waals surface area contributed by atoms with Crippen LogP contribution in [-0.4, -0.2) is 55.7 Å². The van der Waals surface area contributed by atoms with Gasteiger partial charge in [-0.3, -0.25) is 4.90 Å². The number of hydrogen-bond acceptors (Lipinski definition) is 3. The van der Waals surface area contributed by atoms with E-state index in [1.54, 1.807) is 12.0 Å². The zero-order chi connectivity index (χ0) is 23.4. The number of methoxy groups -OCH3 is 1. The Morgan fingerprint density at radius 1 is 1.00 bits per heavy atom. The van der Waals surface area contributed by atoms with E-state index in [4.69, 9.17) is 4.74 Å². The van der Waals surface area contributed by atoms with Crippen molar-refractivity contribution in [3.63, 3.8) is 0 Å². The molecule has 0 spiro atoms. The molecule has 1 fully saturated rings. The molecule has 0 saturated carbocycles. The summed E-state index contributed by atoms with van der Waals surface area (Å²) in [5, 5.41) is 4.65. The molecule has 0 radical (unpaired) electrons. The number of anilines is 1. The Bertz CT molecular complexity index is 1170. The molecule has 0 bridgehead atoms. The van der Waals surface area contributed by atoms with Crippen molar-refractivity contribution in [2.75, 3.05) is 45.2 Å². The van der Waals surface area contributed by atoms with Gasteiger partial charge in [0.25, 0.3) is 0 Å². The quantitative estimate of drug-likeness (QED) is 0.567. The minimum absolute atomic E-state index is 0.405. The van der Waals surface area contributed by atoms with Gasteiger partial charge in [0.15, 0.2) is 0 Å². The number of benzene rings is 3. The lowest BCUT2D eigenvalue weighted by atomic mass is 10.0. The first-order valence-corrected chi connectivity index (χ1v) is 10.9. The Balaban J connectivity index is 1.32. The van der Waals surface area contributed by atoms with E-state index in [0.717, 1.165) is 40.8 Å². The molecule has 3 aromatic rings. The van der Waals surface area contributed by atoms with Crippen LogP contribution in [0.2, 0.25) is 0 Å². The molecule has 33 heavy (non-hydrogen) atoms. The molecular formula is C26H27F2N3O2. The van der Waals surface area contributed by atoms with Gasteiger partial charge in [-0.15, -0.1) is 0 Å². The number of halogens is 2. The number of piperazine rings is 1. The van der Waals surface area contributed by atoms with Gasteiger partial charge in [-0.25, -0.2) is 13.6 Å². The van der Waals surface area contributed by atoms with E-state index in [1.807, 2.05) is 12.1 Å². The lowest BCUT2D eigenvalue weighted by Gasteiger charge is -2.34. The first-order chi connectivity index (χ1) is 15.9. The molecule has 2 amide bonds. The maximum Gasteiger partial charge on any atom is 0.322 e. The fourth-order valence-electron chi connectivity index (χ4n) is 3.92. The number of amides is 2. The number of rotatable bonds is 5. The summed E-state index contributed by atoms with van der Waals surface area (Å²) < 4.78 is 32.9. The van der Waals surface area contributed by atoms with Crippen molar-refractivity contribution in [1.29, 1.82) is 0 Å². The summed E-state index contributed by atoms with van der Waals surface area (Å²) in [5.74, 6) is -0.722. The van der Waals surface area contributed by atoms with Crippen LogP contribution in [0.4, 0.5) is 19.3 Å². The number of nitrogens with zero attached hydrogens (tertiary/aromatic N) is 2. The predicted octanol–water partition coefficient (Wildman–Crippen LogP) is 5.38. The summed E-state index contributed by atoms with van der Waals surface area (Å²) in [6, 6.07) is 15.4. The third kappa shape index (κ3) is 5.31. The molecule has 1 aliphatic heterocycles. The monoisotopic (exact) mass is 451 g/mol. The summed E-state index contributed by atoms with van der Waals surface area (Å²) in [6.45, 7) is 5.23. The fourth-order valence-corrected chi connectivity index (χ4v) is 3.92. The zero-order valence-electron chi connectivity index (χ0n) is 18.8. The summed E-state index contributed by atoms with van der Waals surface area (Å²) in [4.78, 5) is 16.3. The van der Waals surface area contributed by atoms with E-state index in [0.29, 0.717) is 26.2 Å². The van der Waals surface area contributed by atoms with Crippen molar-refractivity contribution in [1.82, 2.24) is 9.80 Å². The van der Waals surface area contributed by atoms with Gasteiger partial charge in [0.1, 0.15) is 23.1 Å². The Morgan fingerprint density at radius 3 is 2.36 bits per heavy atom. The number of para-hydroxylation sites is 1. The van der Waals surface area contributed by atoms with Crippen LogP contribution in [0.15, 0.2) is 60.7 Å². The normalized spacial score (nSPS) is 15.0. The van der Waals surface area contributed by atoms with Crippen LogP contribution in [-0.2, 0) is 0 Å². The molecule has 172 valence electrons. The first-order valence-electron chi connectivity index (χ1n) is 10.9. The minimum atomic E-state index is -0.782. The van der Waals surface area contributed by atoms with Gasteiger partial charge < -0.3 is 15.0 Å². The van der Waals surface area contributed by atoms with Crippen LogP contribution in [0.25, 0.3) is 16.3 Å². The van der Waals surface area contributed by atoms with Crippen LogP contribution in [0.5, 0.6) is 5.75 Å². The molecule has 1 saturated heterocycles. The number of hydrogen-bond donors (Lipinski definition) is 1. The number of carbonyl (C=O) groups excluding carboxylic acids is 1. The fraction of sp³-hybridized carbons (Fsp3) is 0.269. The Morgan fingerprint density at radius 2 is 1.67 bits per heavy atom. The van der Waals surface area contributed by atoms with Gasteiger partial charge in [0, 0.05) is 32.7 Å². The lowest BCUT2D eigenvalue weighted by Crippen LogP contribution is -2.50. The summed E-state index contributed by atoms with van der Waals surface area (Å²) in [5.41, 5.74) is 1.94. The molecule has 7 heteroatoms.